The van der Waals surface area contributed by atoms with Crippen molar-refractivity contribution in [3.63, 3.8) is 0 Å². The van der Waals surface area contributed by atoms with E-state index in [1.54, 1.807) is 48.5 Å². The maximum absolute atomic E-state index is 12.9. The molecule has 0 saturated heterocycles. The van der Waals surface area contributed by atoms with Crippen molar-refractivity contribution < 1.29 is 9.59 Å². The van der Waals surface area contributed by atoms with Crippen LogP contribution in [0.3, 0.4) is 0 Å². The number of halogens is 1. The van der Waals surface area contributed by atoms with Crippen molar-refractivity contribution in [3.8, 4) is 12.3 Å². The van der Waals surface area contributed by atoms with Crippen LogP contribution < -0.4 is 4.90 Å². The Labute approximate surface area is 144 Å². The van der Waals surface area contributed by atoms with Crippen LogP contribution in [0.2, 0.25) is 5.02 Å². The van der Waals surface area contributed by atoms with E-state index in [9.17, 15) is 9.59 Å². The summed E-state index contributed by atoms with van der Waals surface area (Å²) in [5, 5.41) is 0.449. The van der Waals surface area contributed by atoms with Gasteiger partial charge in [0.2, 0.25) is 5.91 Å². The number of fused-ring (bicyclic) bond motifs is 1. The number of terminal acetylenes is 1. The normalized spacial score (nSPS) is 17.0. The van der Waals surface area contributed by atoms with Crippen molar-refractivity contribution >= 4 is 35.3 Å². The molecule has 0 radical (unpaired) electrons. The molecule has 5 heteroatoms. The highest BCUT2D eigenvalue weighted by Crippen LogP contribution is 2.32. The minimum Gasteiger partial charge on any atom is -0.283 e. The number of anilines is 1. The average molecular weight is 337 g/mol. The van der Waals surface area contributed by atoms with Gasteiger partial charge >= 0.3 is 0 Å². The lowest BCUT2D eigenvalue weighted by atomic mass is 9.89. The summed E-state index contributed by atoms with van der Waals surface area (Å²) < 4.78 is 0. The molecule has 0 bridgehead atoms. The second-order valence-electron chi connectivity index (χ2n) is 5.22. The van der Waals surface area contributed by atoms with Gasteiger partial charge in [0, 0.05) is 16.8 Å². The first-order valence-electron chi connectivity index (χ1n) is 7.29. The highest BCUT2D eigenvalue weighted by Gasteiger charge is 2.38. The smallest absolute Gasteiger partial charge is 0.265 e. The maximum Gasteiger partial charge on any atom is 0.265 e. The summed E-state index contributed by atoms with van der Waals surface area (Å²) in [6.07, 6.45) is 6.71. The van der Waals surface area contributed by atoms with Crippen LogP contribution in [0.1, 0.15) is 21.8 Å². The van der Waals surface area contributed by atoms with E-state index in [-0.39, 0.29) is 18.4 Å². The van der Waals surface area contributed by atoms with Crippen LogP contribution in [0.15, 0.2) is 53.5 Å². The minimum absolute atomic E-state index is 0.178. The van der Waals surface area contributed by atoms with Crippen LogP contribution in [-0.2, 0) is 4.79 Å². The van der Waals surface area contributed by atoms with Crippen LogP contribution in [-0.4, -0.2) is 24.6 Å². The fourth-order valence-electron chi connectivity index (χ4n) is 2.67. The molecule has 0 saturated carbocycles. The third-order valence-electron chi connectivity index (χ3n) is 3.72. The first-order chi connectivity index (χ1) is 11.6. The zero-order valence-electron chi connectivity index (χ0n) is 12.6. The van der Waals surface area contributed by atoms with Crippen LogP contribution in [0.5, 0.6) is 0 Å². The lowest BCUT2D eigenvalue weighted by Crippen LogP contribution is -2.45. The topological polar surface area (TPSA) is 49.7 Å². The lowest BCUT2D eigenvalue weighted by Gasteiger charge is -2.31. The lowest BCUT2D eigenvalue weighted by molar-refractivity contribution is -0.118. The molecule has 24 heavy (non-hydrogen) atoms. The van der Waals surface area contributed by atoms with Gasteiger partial charge in [-0.3, -0.25) is 14.6 Å². The second kappa shape index (κ2) is 6.69. The quantitative estimate of drug-likeness (QED) is 0.490. The highest BCUT2D eigenvalue weighted by molar-refractivity contribution is 6.32. The van der Waals surface area contributed by atoms with Crippen molar-refractivity contribution in [2.45, 2.75) is 5.92 Å². The van der Waals surface area contributed by atoms with Gasteiger partial charge in [-0.05, 0) is 29.8 Å². The molecular weight excluding hydrogens is 324 g/mol. The monoisotopic (exact) mass is 336 g/mol. The third kappa shape index (κ3) is 2.82. The molecule has 4 nitrogen and oxygen atoms in total. The number of carbonyl (C=O) groups excluding carboxylic acids is 2. The number of aliphatic imine (C=N–C) groups is 1. The number of amides is 2. The molecule has 118 valence electrons. The Bertz CT molecular complexity index is 883. The molecule has 0 aromatic heterocycles. The molecule has 0 aliphatic carbocycles. The molecule has 2 aromatic carbocycles. The van der Waals surface area contributed by atoms with Crippen molar-refractivity contribution in [2.24, 2.45) is 4.99 Å². The maximum atomic E-state index is 12.9. The van der Waals surface area contributed by atoms with Gasteiger partial charge in [-0.15, -0.1) is 6.42 Å². The predicted octanol–water partition coefficient (Wildman–Crippen LogP) is 3.31. The highest BCUT2D eigenvalue weighted by atomic mass is 35.5. The summed E-state index contributed by atoms with van der Waals surface area (Å²) in [6.45, 7) is 0.178. The number of benzene rings is 2. The number of imide groups is 1. The summed E-state index contributed by atoms with van der Waals surface area (Å²) in [6, 6.07) is 13.6. The van der Waals surface area contributed by atoms with Crippen molar-refractivity contribution in [1.82, 2.24) is 0 Å². The van der Waals surface area contributed by atoms with Gasteiger partial charge in [0.15, 0.2) is 0 Å². The molecule has 1 heterocycles. The number of nitrogens with zero attached hydrogens (tertiary/aromatic N) is 2. The Hall–Kier alpha value is -2.90. The SMILES string of the molecule is C#CCN=CC1C(=O)N(c2cccc(Cl)c2)C(=O)c2ccccc21. The Morgan fingerprint density at radius 3 is 2.75 bits per heavy atom. The molecule has 1 unspecified atom stereocenters. The number of carbonyl (C=O) groups is 2. The van der Waals surface area contributed by atoms with Crippen LogP contribution >= 0.6 is 11.6 Å². The zero-order valence-corrected chi connectivity index (χ0v) is 13.4. The standard InChI is InChI=1S/C19H13ClN2O2/c1-2-10-21-12-17-15-8-3-4-9-16(15)18(23)22(19(17)24)14-7-5-6-13(20)11-14/h1,3-9,11-12,17H,10H2. The fraction of sp³-hybridized carbons (Fsp3) is 0.105. The molecule has 2 amide bonds. The van der Waals surface area contributed by atoms with E-state index in [1.807, 2.05) is 0 Å². The molecule has 1 atom stereocenters. The van der Waals surface area contributed by atoms with E-state index in [4.69, 9.17) is 18.0 Å². The summed E-state index contributed by atoms with van der Waals surface area (Å²) in [4.78, 5) is 31.0. The molecule has 2 aromatic rings. The largest absolute Gasteiger partial charge is 0.283 e. The van der Waals surface area contributed by atoms with Gasteiger partial charge in [-0.2, -0.15) is 0 Å². The molecule has 1 aliphatic rings. The van der Waals surface area contributed by atoms with Gasteiger partial charge in [-0.1, -0.05) is 41.8 Å². The number of rotatable bonds is 3. The Balaban J connectivity index is 2.11. The molecule has 0 fully saturated rings. The van der Waals surface area contributed by atoms with Crippen LogP contribution in [0.25, 0.3) is 0 Å². The van der Waals surface area contributed by atoms with Crippen molar-refractivity contribution in [2.75, 3.05) is 11.4 Å². The van der Waals surface area contributed by atoms with E-state index < -0.39 is 5.92 Å². The van der Waals surface area contributed by atoms with Gasteiger partial charge in [-0.25, -0.2) is 4.90 Å². The molecule has 0 N–H and O–H groups in total. The molecule has 3 rings (SSSR count). The van der Waals surface area contributed by atoms with Crippen LogP contribution in [0, 0.1) is 12.3 Å². The minimum atomic E-state index is -0.661. The van der Waals surface area contributed by atoms with Gasteiger partial charge in [0.1, 0.15) is 0 Å². The van der Waals surface area contributed by atoms with Crippen LogP contribution in [0.4, 0.5) is 5.69 Å². The van der Waals surface area contributed by atoms with E-state index >= 15 is 0 Å². The Kier molecular flexibility index (Phi) is 4.45. The summed E-state index contributed by atoms with van der Waals surface area (Å²) in [5.41, 5.74) is 1.53. The molecular formula is C19H13ClN2O2. The average Bonchev–Trinajstić information content (AvgIpc) is 2.58. The van der Waals surface area contributed by atoms with Gasteiger partial charge in [0.05, 0.1) is 18.2 Å². The zero-order chi connectivity index (χ0) is 17.1. The Morgan fingerprint density at radius 1 is 1.21 bits per heavy atom. The van der Waals surface area contributed by atoms with Gasteiger partial charge in [0.25, 0.3) is 5.91 Å². The predicted molar refractivity (Wildman–Crippen MR) is 94.6 cm³/mol. The van der Waals surface area contributed by atoms with E-state index in [0.29, 0.717) is 21.8 Å². The van der Waals surface area contributed by atoms with Crippen molar-refractivity contribution in [3.05, 3.63) is 64.7 Å². The first kappa shape index (κ1) is 16.0. The summed E-state index contributed by atoms with van der Waals surface area (Å²) in [5.74, 6) is 0.988. The second-order valence-corrected chi connectivity index (χ2v) is 5.65. The molecule has 0 spiro atoms. The van der Waals surface area contributed by atoms with E-state index in [0.717, 1.165) is 4.90 Å². The summed E-state index contributed by atoms with van der Waals surface area (Å²) in [7, 11) is 0. The summed E-state index contributed by atoms with van der Waals surface area (Å²) >= 11 is 6.00. The van der Waals surface area contributed by atoms with Gasteiger partial charge < -0.3 is 0 Å². The van der Waals surface area contributed by atoms with E-state index in [2.05, 4.69) is 10.9 Å². The number of hydrogen-bond donors (Lipinski definition) is 0. The van der Waals surface area contributed by atoms with Crippen molar-refractivity contribution in [1.29, 1.82) is 0 Å². The third-order valence-corrected chi connectivity index (χ3v) is 3.95. The Morgan fingerprint density at radius 2 is 2.00 bits per heavy atom. The molecule has 1 aliphatic heterocycles. The number of hydrogen-bond acceptors (Lipinski definition) is 3. The fourth-order valence-corrected chi connectivity index (χ4v) is 2.85. The van der Waals surface area contributed by atoms with E-state index in [1.165, 1.54) is 6.21 Å². The first-order valence-corrected chi connectivity index (χ1v) is 7.67.